The topological polar surface area (TPSA) is 96.2 Å². The normalized spacial score (nSPS) is 15.6. The summed E-state index contributed by atoms with van der Waals surface area (Å²) >= 11 is 0. The minimum absolute atomic E-state index is 0. The fraction of sp³-hybridized carbons (Fsp3) is 0.409. The first kappa shape index (κ1) is 28.8. The number of aromatic nitrogens is 4. The van der Waals surface area contributed by atoms with Crippen LogP contribution in [-0.2, 0) is 16.2 Å². The standard InChI is InChI=1S/C22H25F4N7O2S.ClH/c1-14(2)33-18(13-27-20(33)22(24,25)26)19-17(23)12-28-21(30-19)29-15-4-6-16(7-5-15)36(34,35)32-10-8-31(3)9-11-32;/h4-7,12-14H,8-11H2,1-3H3,(H,28,29,30);1H. The second kappa shape index (κ2) is 10.9. The number of halogens is 5. The van der Waals surface area contributed by atoms with Gasteiger partial charge in [-0.25, -0.2) is 27.8 Å². The van der Waals surface area contributed by atoms with Crippen LogP contribution in [0.25, 0.3) is 11.4 Å². The van der Waals surface area contributed by atoms with Gasteiger partial charge < -0.3 is 14.8 Å². The maximum Gasteiger partial charge on any atom is 0.449 e. The van der Waals surface area contributed by atoms with Crippen LogP contribution in [0, 0.1) is 5.82 Å². The summed E-state index contributed by atoms with van der Waals surface area (Å²) in [5, 5.41) is 2.84. The van der Waals surface area contributed by atoms with Crippen molar-refractivity contribution in [1.29, 1.82) is 0 Å². The summed E-state index contributed by atoms with van der Waals surface area (Å²) in [6.07, 6.45) is -2.95. The zero-order chi connectivity index (χ0) is 26.3. The SMILES string of the molecule is CC(C)n1c(-c2nc(Nc3ccc(S(=O)(=O)N4CCN(C)CC4)cc3)ncc2F)cnc1C(F)(F)F.Cl. The van der Waals surface area contributed by atoms with Crippen molar-refractivity contribution >= 4 is 34.1 Å². The van der Waals surface area contributed by atoms with Crippen LogP contribution >= 0.6 is 12.4 Å². The highest BCUT2D eigenvalue weighted by Crippen LogP contribution is 2.35. The van der Waals surface area contributed by atoms with Crippen molar-refractivity contribution in [2.75, 3.05) is 38.5 Å². The first-order valence-corrected chi connectivity index (χ1v) is 12.5. The number of likely N-dealkylation sites (N-methyl/N-ethyl adjacent to an activating group) is 1. The van der Waals surface area contributed by atoms with E-state index in [4.69, 9.17) is 0 Å². The number of hydrogen-bond donors (Lipinski definition) is 1. The lowest BCUT2D eigenvalue weighted by Gasteiger charge is -2.31. The summed E-state index contributed by atoms with van der Waals surface area (Å²) in [7, 11) is -1.72. The van der Waals surface area contributed by atoms with E-state index in [1.54, 1.807) is 0 Å². The lowest BCUT2D eigenvalue weighted by Crippen LogP contribution is -2.46. The molecule has 2 aromatic heterocycles. The number of imidazole rings is 1. The van der Waals surface area contributed by atoms with Gasteiger partial charge in [0.1, 0.15) is 5.69 Å². The second-order valence-electron chi connectivity index (χ2n) is 8.68. The zero-order valence-electron chi connectivity index (χ0n) is 20.2. The van der Waals surface area contributed by atoms with Crippen LogP contribution < -0.4 is 5.32 Å². The van der Waals surface area contributed by atoms with Gasteiger partial charge in [-0.15, -0.1) is 12.4 Å². The first-order valence-electron chi connectivity index (χ1n) is 11.1. The smallest absolute Gasteiger partial charge is 0.324 e. The molecule has 0 aliphatic carbocycles. The summed E-state index contributed by atoms with van der Waals surface area (Å²) in [5.74, 6) is -2.15. The molecule has 0 atom stereocenters. The highest BCUT2D eigenvalue weighted by Gasteiger charge is 2.38. The van der Waals surface area contributed by atoms with E-state index in [0.29, 0.717) is 31.9 Å². The Morgan fingerprint density at radius 1 is 1.00 bits per heavy atom. The van der Waals surface area contributed by atoms with Gasteiger partial charge in [0.05, 0.1) is 23.0 Å². The predicted octanol–water partition coefficient (Wildman–Crippen LogP) is 4.18. The van der Waals surface area contributed by atoms with Crippen molar-refractivity contribution in [3.05, 3.63) is 48.3 Å². The Hall–Kier alpha value is -2.81. The Labute approximate surface area is 218 Å². The number of sulfonamides is 1. The number of rotatable bonds is 6. The van der Waals surface area contributed by atoms with Crippen LogP contribution in [0.4, 0.5) is 29.2 Å². The van der Waals surface area contributed by atoms with Crippen molar-refractivity contribution in [2.24, 2.45) is 0 Å². The maximum absolute atomic E-state index is 14.6. The molecule has 0 radical (unpaired) electrons. The number of alkyl halides is 3. The molecule has 15 heteroatoms. The van der Waals surface area contributed by atoms with E-state index in [-0.39, 0.29) is 34.6 Å². The average Bonchev–Trinajstić information content (AvgIpc) is 3.27. The third kappa shape index (κ3) is 6.03. The molecule has 1 aromatic carbocycles. The van der Waals surface area contributed by atoms with Crippen LogP contribution in [-0.4, -0.2) is 70.4 Å². The molecule has 202 valence electrons. The van der Waals surface area contributed by atoms with Gasteiger partial charge in [0.2, 0.25) is 21.8 Å². The van der Waals surface area contributed by atoms with Crippen molar-refractivity contribution in [3.63, 3.8) is 0 Å². The lowest BCUT2D eigenvalue weighted by atomic mass is 10.2. The predicted molar refractivity (Wildman–Crippen MR) is 132 cm³/mol. The molecule has 0 bridgehead atoms. The maximum atomic E-state index is 14.6. The van der Waals surface area contributed by atoms with Gasteiger partial charge in [-0.1, -0.05) is 0 Å². The van der Waals surface area contributed by atoms with Crippen molar-refractivity contribution < 1.29 is 26.0 Å². The Kier molecular flexibility index (Phi) is 8.47. The molecular formula is C22H26ClF4N7O2S. The molecule has 0 saturated carbocycles. The van der Waals surface area contributed by atoms with Gasteiger partial charge in [0, 0.05) is 37.9 Å². The number of nitrogens with zero attached hydrogens (tertiary/aromatic N) is 6. The highest BCUT2D eigenvalue weighted by atomic mass is 35.5. The molecule has 9 nitrogen and oxygen atoms in total. The van der Waals surface area contributed by atoms with E-state index in [1.165, 1.54) is 42.4 Å². The van der Waals surface area contributed by atoms with Gasteiger partial charge in [-0.3, -0.25) is 0 Å². The molecule has 3 heterocycles. The molecule has 3 aromatic rings. The van der Waals surface area contributed by atoms with Gasteiger partial charge in [-0.05, 0) is 45.2 Å². The third-order valence-corrected chi connectivity index (χ3v) is 7.68. The molecule has 37 heavy (non-hydrogen) atoms. The van der Waals surface area contributed by atoms with Crippen LogP contribution in [0.5, 0.6) is 0 Å². The number of nitrogens with one attached hydrogen (secondary N) is 1. The van der Waals surface area contributed by atoms with Crippen molar-refractivity contribution in [2.45, 2.75) is 31.0 Å². The number of benzene rings is 1. The van der Waals surface area contributed by atoms with E-state index >= 15 is 0 Å². The molecule has 1 N–H and O–H groups in total. The van der Waals surface area contributed by atoms with Crippen LogP contribution in [0.3, 0.4) is 0 Å². The average molecular weight is 564 g/mol. The summed E-state index contributed by atoms with van der Waals surface area (Å²) in [4.78, 5) is 13.5. The van der Waals surface area contributed by atoms with Crippen LogP contribution in [0.2, 0.25) is 0 Å². The highest BCUT2D eigenvalue weighted by molar-refractivity contribution is 7.89. The molecule has 1 fully saturated rings. The Bertz CT molecular complexity index is 1340. The summed E-state index contributed by atoms with van der Waals surface area (Å²) in [6, 6.07) is 5.22. The van der Waals surface area contributed by atoms with Crippen molar-refractivity contribution in [1.82, 2.24) is 28.7 Å². The van der Waals surface area contributed by atoms with Crippen molar-refractivity contribution in [3.8, 4) is 11.4 Å². The minimum Gasteiger partial charge on any atom is -0.324 e. The number of piperazine rings is 1. The largest absolute Gasteiger partial charge is 0.449 e. The van der Waals surface area contributed by atoms with E-state index in [9.17, 15) is 26.0 Å². The molecule has 1 saturated heterocycles. The molecular weight excluding hydrogens is 538 g/mol. The molecule has 0 amide bonds. The van der Waals surface area contributed by atoms with Gasteiger partial charge in [0.15, 0.2) is 5.82 Å². The monoisotopic (exact) mass is 563 g/mol. The van der Waals surface area contributed by atoms with E-state index in [0.717, 1.165) is 17.0 Å². The summed E-state index contributed by atoms with van der Waals surface area (Å²) < 4.78 is 82.8. The quantitative estimate of drug-likeness (QED) is 0.449. The second-order valence-corrected chi connectivity index (χ2v) is 10.6. The molecule has 4 rings (SSSR count). The Morgan fingerprint density at radius 3 is 2.19 bits per heavy atom. The number of hydrogen-bond acceptors (Lipinski definition) is 7. The van der Waals surface area contributed by atoms with Crippen LogP contribution in [0.1, 0.15) is 25.7 Å². The van der Waals surface area contributed by atoms with Gasteiger partial charge in [0.25, 0.3) is 0 Å². The third-order valence-electron chi connectivity index (χ3n) is 5.76. The zero-order valence-corrected chi connectivity index (χ0v) is 21.8. The number of anilines is 2. The molecule has 1 aliphatic heterocycles. The van der Waals surface area contributed by atoms with Gasteiger partial charge >= 0.3 is 6.18 Å². The van der Waals surface area contributed by atoms with Crippen LogP contribution in [0.15, 0.2) is 41.6 Å². The molecule has 0 spiro atoms. The fourth-order valence-corrected chi connectivity index (χ4v) is 5.31. The lowest BCUT2D eigenvalue weighted by molar-refractivity contribution is -0.147. The van der Waals surface area contributed by atoms with E-state index in [1.807, 2.05) is 11.9 Å². The summed E-state index contributed by atoms with van der Waals surface area (Å²) in [5.41, 5.74) is -0.0782. The molecule has 0 unspecified atom stereocenters. The summed E-state index contributed by atoms with van der Waals surface area (Å²) in [6.45, 7) is 5.13. The minimum atomic E-state index is -4.72. The molecule has 1 aliphatic rings. The fourth-order valence-electron chi connectivity index (χ4n) is 3.89. The van der Waals surface area contributed by atoms with E-state index < -0.39 is 33.9 Å². The van der Waals surface area contributed by atoms with E-state index in [2.05, 4.69) is 20.3 Å². The Morgan fingerprint density at radius 2 is 1.62 bits per heavy atom. The van der Waals surface area contributed by atoms with Gasteiger partial charge in [-0.2, -0.15) is 17.5 Å². The Balaban J connectivity index is 0.00000380. The first-order chi connectivity index (χ1) is 16.9.